The van der Waals surface area contributed by atoms with E-state index >= 15 is 0 Å². The average Bonchev–Trinajstić information content (AvgIpc) is 2.92. The molecule has 0 saturated heterocycles. The molecule has 1 N–H and O–H groups in total. The molecule has 0 spiro atoms. The summed E-state index contributed by atoms with van der Waals surface area (Å²) in [6.07, 6.45) is 0.740. The highest BCUT2D eigenvalue weighted by Gasteiger charge is 2.15. The maximum atomic E-state index is 12.6. The van der Waals surface area contributed by atoms with Crippen LogP contribution in [-0.4, -0.2) is 27.8 Å². The Morgan fingerprint density at radius 3 is 2.70 bits per heavy atom. The molecule has 0 aliphatic rings. The highest BCUT2D eigenvalue weighted by Crippen LogP contribution is 2.27. The number of hydrogen-bond acceptors (Lipinski definition) is 5. The summed E-state index contributed by atoms with van der Waals surface area (Å²) in [6, 6.07) is 7.57. The van der Waals surface area contributed by atoms with Crippen molar-refractivity contribution >= 4 is 50.8 Å². The third-order valence-electron chi connectivity index (χ3n) is 4.35. The lowest BCUT2D eigenvalue weighted by Crippen LogP contribution is -2.28. The van der Waals surface area contributed by atoms with E-state index in [2.05, 4.69) is 10.3 Å². The molecule has 0 bridgehead atoms. The minimum atomic E-state index is -0.0816. The van der Waals surface area contributed by atoms with Crippen molar-refractivity contribution in [3.05, 3.63) is 55.6 Å². The summed E-state index contributed by atoms with van der Waals surface area (Å²) in [4.78, 5) is 31.1. The zero-order valence-corrected chi connectivity index (χ0v) is 17.7. The molecule has 2 heterocycles. The maximum Gasteiger partial charge on any atom is 0.262 e. The van der Waals surface area contributed by atoms with Gasteiger partial charge in [-0.15, -0.1) is 11.3 Å². The molecule has 0 aliphatic heterocycles. The lowest BCUT2D eigenvalue weighted by molar-refractivity contribution is -0.118. The van der Waals surface area contributed by atoms with Crippen LogP contribution in [-0.2, 0) is 18.3 Å². The highest BCUT2D eigenvalue weighted by molar-refractivity contribution is 7.99. The van der Waals surface area contributed by atoms with Gasteiger partial charge in [0, 0.05) is 23.5 Å². The van der Waals surface area contributed by atoms with Gasteiger partial charge >= 0.3 is 0 Å². The summed E-state index contributed by atoms with van der Waals surface area (Å²) in [5, 5.41) is 4.83. The molecular formula is C19H20ClN3O2S2. The summed E-state index contributed by atoms with van der Waals surface area (Å²) in [5.74, 6) is 0.136. The first-order valence-corrected chi connectivity index (χ1v) is 10.7. The van der Waals surface area contributed by atoms with Crippen LogP contribution in [0.3, 0.4) is 0 Å². The lowest BCUT2D eigenvalue weighted by Gasteiger charge is -2.08. The van der Waals surface area contributed by atoms with Gasteiger partial charge in [-0.3, -0.25) is 14.2 Å². The molecule has 0 saturated carbocycles. The predicted molar refractivity (Wildman–Crippen MR) is 113 cm³/mol. The quantitative estimate of drug-likeness (QED) is 0.486. The van der Waals surface area contributed by atoms with Crippen molar-refractivity contribution in [2.75, 3.05) is 12.3 Å². The van der Waals surface area contributed by atoms with E-state index in [0.29, 0.717) is 22.1 Å². The Labute approximate surface area is 170 Å². The SMILES string of the molecule is Cc1sc2nc(SCC(=O)NCCc3ccc(Cl)cc3)n(C)c(=O)c2c1C. The van der Waals surface area contributed by atoms with Gasteiger partial charge in [-0.1, -0.05) is 35.5 Å². The number of rotatable bonds is 6. The molecule has 0 radical (unpaired) electrons. The van der Waals surface area contributed by atoms with Crippen LogP contribution in [0.15, 0.2) is 34.2 Å². The molecule has 8 heteroatoms. The van der Waals surface area contributed by atoms with Gasteiger partial charge < -0.3 is 5.32 Å². The second-order valence-electron chi connectivity index (χ2n) is 6.24. The molecule has 0 fully saturated rings. The van der Waals surface area contributed by atoms with E-state index < -0.39 is 0 Å². The summed E-state index contributed by atoms with van der Waals surface area (Å²) in [7, 11) is 1.70. The van der Waals surface area contributed by atoms with E-state index in [4.69, 9.17) is 11.6 Å². The Morgan fingerprint density at radius 2 is 2.00 bits per heavy atom. The summed E-state index contributed by atoms with van der Waals surface area (Å²) in [5.41, 5.74) is 2.04. The van der Waals surface area contributed by atoms with E-state index in [1.165, 1.54) is 27.7 Å². The third-order valence-corrected chi connectivity index (χ3v) is 6.73. The largest absolute Gasteiger partial charge is 0.355 e. The average molecular weight is 422 g/mol. The minimum absolute atomic E-state index is 0.0625. The van der Waals surface area contributed by atoms with Gasteiger partial charge in [0.25, 0.3) is 5.56 Å². The van der Waals surface area contributed by atoms with Crippen LogP contribution in [0.25, 0.3) is 10.2 Å². The van der Waals surface area contributed by atoms with E-state index in [1.54, 1.807) is 7.05 Å². The van der Waals surface area contributed by atoms with Crippen LogP contribution >= 0.6 is 34.7 Å². The molecular weight excluding hydrogens is 402 g/mol. The van der Waals surface area contributed by atoms with Crippen molar-refractivity contribution < 1.29 is 4.79 Å². The van der Waals surface area contributed by atoms with Crippen molar-refractivity contribution in [3.8, 4) is 0 Å². The fourth-order valence-electron chi connectivity index (χ4n) is 2.66. The van der Waals surface area contributed by atoms with Crippen LogP contribution in [0.1, 0.15) is 16.0 Å². The number of aryl methyl sites for hydroxylation is 2. The number of amides is 1. The highest BCUT2D eigenvalue weighted by atomic mass is 35.5. The lowest BCUT2D eigenvalue weighted by atomic mass is 10.1. The number of aromatic nitrogens is 2. The molecule has 142 valence electrons. The van der Waals surface area contributed by atoms with Gasteiger partial charge in [0.15, 0.2) is 5.16 Å². The van der Waals surface area contributed by atoms with Crippen molar-refractivity contribution in [2.24, 2.45) is 7.05 Å². The molecule has 0 atom stereocenters. The number of thiophene rings is 1. The number of halogens is 1. The monoisotopic (exact) mass is 421 g/mol. The van der Waals surface area contributed by atoms with E-state index in [0.717, 1.165) is 27.3 Å². The van der Waals surface area contributed by atoms with Crippen molar-refractivity contribution in [3.63, 3.8) is 0 Å². The first kappa shape index (κ1) is 19.9. The number of hydrogen-bond donors (Lipinski definition) is 1. The number of thioether (sulfide) groups is 1. The Morgan fingerprint density at radius 1 is 1.30 bits per heavy atom. The van der Waals surface area contributed by atoms with E-state index in [9.17, 15) is 9.59 Å². The third kappa shape index (κ3) is 4.54. The van der Waals surface area contributed by atoms with Crippen LogP contribution in [0.5, 0.6) is 0 Å². The molecule has 2 aromatic heterocycles. The van der Waals surface area contributed by atoms with Crippen molar-refractivity contribution in [2.45, 2.75) is 25.4 Å². The van der Waals surface area contributed by atoms with Gasteiger partial charge in [0.1, 0.15) is 4.83 Å². The zero-order chi connectivity index (χ0) is 19.6. The van der Waals surface area contributed by atoms with E-state index in [1.807, 2.05) is 38.1 Å². The van der Waals surface area contributed by atoms with Crippen molar-refractivity contribution in [1.29, 1.82) is 0 Å². The molecule has 1 amide bonds. The number of carbonyl (C=O) groups excluding carboxylic acids is 1. The number of nitrogens with zero attached hydrogens (tertiary/aromatic N) is 2. The summed E-state index contributed by atoms with van der Waals surface area (Å²) >= 11 is 8.66. The van der Waals surface area contributed by atoms with Crippen LogP contribution < -0.4 is 10.9 Å². The topological polar surface area (TPSA) is 64.0 Å². The smallest absolute Gasteiger partial charge is 0.262 e. The molecule has 1 aromatic carbocycles. The van der Waals surface area contributed by atoms with Crippen LogP contribution in [0.2, 0.25) is 5.02 Å². The molecule has 3 rings (SSSR count). The second kappa shape index (κ2) is 8.46. The van der Waals surface area contributed by atoms with Gasteiger partial charge in [0.05, 0.1) is 11.1 Å². The second-order valence-corrected chi connectivity index (χ2v) is 8.82. The van der Waals surface area contributed by atoms with Crippen LogP contribution in [0, 0.1) is 13.8 Å². The molecule has 5 nitrogen and oxygen atoms in total. The van der Waals surface area contributed by atoms with Gasteiger partial charge in [-0.2, -0.15) is 0 Å². The molecule has 3 aromatic rings. The fourth-order valence-corrected chi connectivity index (χ4v) is 4.66. The number of benzene rings is 1. The predicted octanol–water partition coefficient (Wildman–Crippen LogP) is 3.72. The standard InChI is InChI=1S/C19H20ClN3O2S2/c1-11-12(2)27-17-16(11)18(25)23(3)19(22-17)26-10-15(24)21-9-8-13-4-6-14(20)7-5-13/h4-7H,8-10H2,1-3H3,(H,21,24). The number of carbonyl (C=O) groups is 1. The van der Waals surface area contributed by atoms with E-state index in [-0.39, 0.29) is 17.2 Å². The summed E-state index contributed by atoms with van der Waals surface area (Å²) in [6.45, 7) is 4.48. The number of fused-ring (bicyclic) bond motifs is 1. The zero-order valence-electron chi connectivity index (χ0n) is 15.3. The Kier molecular flexibility index (Phi) is 6.24. The molecule has 0 unspecified atom stereocenters. The Hall–Kier alpha value is -1.83. The molecule has 27 heavy (non-hydrogen) atoms. The van der Waals surface area contributed by atoms with Gasteiger partial charge in [-0.25, -0.2) is 4.98 Å². The Bertz CT molecular complexity index is 1040. The minimum Gasteiger partial charge on any atom is -0.355 e. The first-order valence-electron chi connectivity index (χ1n) is 8.47. The fraction of sp³-hybridized carbons (Fsp3) is 0.316. The first-order chi connectivity index (χ1) is 12.9. The van der Waals surface area contributed by atoms with Crippen molar-refractivity contribution in [1.82, 2.24) is 14.9 Å². The van der Waals surface area contributed by atoms with Crippen LogP contribution in [0.4, 0.5) is 0 Å². The van der Waals surface area contributed by atoms with Gasteiger partial charge in [-0.05, 0) is 43.5 Å². The maximum absolute atomic E-state index is 12.6. The van der Waals surface area contributed by atoms with Gasteiger partial charge in [0.2, 0.25) is 5.91 Å². The Balaban J connectivity index is 1.59. The molecule has 0 aliphatic carbocycles. The number of nitrogens with one attached hydrogen (secondary N) is 1. The normalized spacial score (nSPS) is 11.1. The summed E-state index contributed by atoms with van der Waals surface area (Å²) < 4.78 is 1.52.